The Morgan fingerprint density at radius 2 is 1.60 bits per heavy atom. The van der Waals surface area contributed by atoms with E-state index in [0.717, 1.165) is 17.0 Å². The lowest BCUT2D eigenvalue weighted by atomic mass is 9.76. The van der Waals surface area contributed by atoms with E-state index >= 15 is 0 Å². The lowest BCUT2D eigenvalue weighted by Crippen LogP contribution is -2.55. The van der Waals surface area contributed by atoms with E-state index in [1.165, 1.54) is 50.5 Å². The van der Waals surface area contributed by atoms with Crippen LogP contribution in [-0.2, 0) is 61.3 Å². The largest absolute Gasteiger partial charge is 0.507 e. The topological polar surface area (TPSA) is 360 Å². The lowest BCUT2D eigenvalue weighted by Gasteiger charge is -2.40. The van der Waals surface area contributed by atoms with Gasteiger partial charge in [0.2, 0.25) is 23.5 Å². The van der Waals surface area contributed by atoms with Crippen LogP contribution in [0.3, 0.4) is 0 Å². The van der Waals surface area contributed by atoms with Gasteiger partial charge in [-0.3, -0.25) is 43.0 Å². The number of nitrogens with zero attached hydrogens (tertiary/aromatic N) is 1. The van der Waals surface area contributed by atoms with E-state index in [2.05, 4.69) is 21.3 Å². The standard InChI is InChI=1S/C50H57N5O19S/c1-23(2)43(54-34(57)11-6-5-7-16-55-36(59)14-15-37(55)60)49(66)51-21-35(58)52-26-13-12-25(33(17-26)75(68,69)70)22-72-50(67)53-30-20-38(73-24(3)44(30)61)74-32-19-27(56)18-29-40(32)48(65)42-41(46(29)63)45(62)28-9-8-10-31(71-4)39(28)47(42)64/h8-10,12-15,17,23-24,27,30,32,38,43-44,56,61,63,65H,5-7,11,16,18-22H2,1-4H3,(H,51,66)(H,52,58)(H,53,67)(H,54,57)(H,68,69,70)/t24-,27+,30-,32+,38+,43?,44+/m0/s1. The summed E-state index contributed by atoms with van der Waals surface area (Å²) in [5.74, 6) is -5.87. The summed E-state index contributed by atoms with van der Waals surface area (Å²) >= 11 is 0. The molecule has 9 N–H and O–H groups in total. The molecular weight excluding hydrogens is 1010 g/mol. The molecule has 0 bridgehead atoms. The highest BCUT2D eigenvalue weighted by Crippen LogP contribution is 2.50. The summed E-state index contributed by atoms with van der Waals surface area (Å²) in [7, 11) is -3.71. The number of hydrogen-bond acceptors (Lipinski definition) is 18. The molecule has 25 heteroatoms. The van der Waals surface area contributed by atoms with E-state index in [9.17, 15) is 71.8 Å². The Morgan fingerprint density at radius 1 is 0.893 bits per heavy atom. The van der Waals surface area contributed by atoms with Gasteiger partial charge in [0.1, 0.15) is 40.9 Å². The maximum atomic E-state index is 13.9. The molecule has 4 aliphatic rings. The third kappa shape index (κ3) is 12.3. The van der Waals surface area contributed by atoms with Crippen molar-refractivity contribution in [3.05, 3.63) is 87.5 Å². The number of anilines is 1. The number of ether oxygens (including phenoxy) is 4. The van der Waals surface area contributed by atoms with Gasteiger partial charge in [-0.25, -0.2) is 4.79 Å². The fraction of sp³-hybridized carbons (Fsp3) is 0.440. The number of unbranched alkanes of at least 4 members (excludes halogenated alkanes) is 2. The van der Waals surface area contributed by atoms with E-state index in [1.54, 1.807) is 13.8 Å². The van der Waals surface area contributed by atoms with Gasteiger partial charge in [0.15, 0.2) is 12.1 Å². The number of amides is 6. The molecule has 2 heterocycles. The zero-order valence-electron chi connectivity index (χ0n) is 41.1. The number of fused-ring (bicyclic) bond motifs is 3. The van der Waals surface area contributed by atoms with E-state index in [1.807, 2.05) is 0 Å². The number of aliphatic hydroxyl groups is 2. The zero-order chi connectivity index (χ0) is 54.6. The molecule has 1 fully saturated rings. The molecule has 2 aliphatic carbocycles. The van der Waals surface area contributed by atoms with Crippen molar-refractivity contribution in [3.63, 3.8) is 0 Å². The number of hydrogen-bond donors (Lipinski definition) is 9. The molecule has 0 radical (unpaired) electrons. The first-order valence-corrected chi connectivity index (χ1v) is 25.4. The molecule has 0 saturated carbocycles. The molecule has 0 aromatic heterocycles. The maximum absolute atomic E-state index is 13.9. The maximum Gasteiger partial charge on any atom is 0.407 e. The van der Waals surface area contributed by atoms with Crippen molar-refractivity contribution in [3.8, 4) is 17.2 Å². The molecule has 75 heavy (non-hydrogen) atoms. The Hall–Kier alpha value is -7.29. The van der Waals surface area contributed by atoms with Crippen LogP contribution in [-0.4, -0.2) is 142 Å². The van der Waals surface area contributed by atoms with Gasteiger partial charge in [-0.2, -0.15) is 8.42 Å². The molecular formula is C50H57N5O19S. The molecule has 7 atom stereocenters. The van der Waals surface area contributed by atoms with Gasteiger partial charge in [-0.05, 0) is 43.9 Å². The monoisotopic (exact) mass is 1060 g/mol. The van der Waals surface area contributed by atoms with Crippen LogP contribution in [0.5, 0.6) is 17.2 Å². The van der Waals surface area contributed by atoms with Crippen LogP contribution in [0.25, 0.3) is 0 Å². The van der Waals surface area contributed by atoms with Gasteiger partial charge in [-0.15, -0.1) is 0 Å². The molecule has 402 valence electrons. The summed E-state index contributed by atoms with van der Waals surface area (Å²) in [6.07, 6.45) is -4.01. The summed E-state index contributed by atoms with van der Waals surface area (Å²) in [4.78, 5) is 103. The van der Waals surface area contributed by atoms with Crippen LogP contribution in [0, 0.1) is 5.92 Å². The van der Waals surface area contributed by atoms with Crippen LogP contribution >= 0.6 is 0 Å². The smallest absolute Gasteiger partial charge is 0.407 e. The van der Waals surface area contributed by atoms with Crippen molar-refractivity contribution in [2.75, 3.05) is 25.5 Å². The first-order valence-electron chi connectivity index (χ1n) is 24.0. The summed E-state index contributed by atoms with van der Waals surface area (Å²) in [5, 5.41) is 55.1. The van der Waals surface area contributed by atoms with Crippen molar-refractivity contribution in [1.29, 1.82) is 0 Å². The summed E-state index contributed by atoms with van der Waals surface area (Å²) < 4.78 is 57.8. The molecule has 0 spiro atoms. The summed E-state index contributed by atoms with van der Waals surface area (Å²) in [5.41, 5.74) is -1.59. The Morgan fingerprint density at radius 3 is 2.28 bits per heavy atom. The fourth-order valence-electron chi connectivity index (χ4n) is 9.42. The highest BCUT2D eigenvalue weighted by Gasteiger charge is 2.45. The molecule has 3 aromatic carbocycles. The minimum Gasteiger partial charge on any atom is -0.507 e. The number of ketones is 2. The van der Waals surface area contributed by atoms with Crippen LogP contribution in [0.15, 0.2) is 53.4 Å². The number of carbonyl (C=O) groups is 8. The number of methoxy groups -OCH3 is 1. The second-order valence-electron chi connectivity index (χ2n) is 18.7. The van der Waals surface area contributed by atoms with Crippen molar-refractivity contribution in [2.24, 2.45) is 5.92 Å². The second kappa shape index (κ2) is 23.1. The average molecular weight is 1060 g/mol. The molecule has 1 saturated heterocycles. The van der Waals surface area contributed by atoms with Crippen molar-refractivity contribution in [1.82, 2.24) is 20.9 Å². The Kier molecular flexibility index (Phi) is 17.1. The number of rotatable bonds is 19. The second-order valence-corrected chi connectivity index (χ2v) is 20.1. The van der Waals surface area contributed by atoms with Gasteiger partial charge in [0, 0.05) is 72.3 Å². The minimum absolute atomic E-state index is 0.0401. The summed E-state index contributed by atoms with van der Waals surface area (Å²) in [6, 6.07) is 5.45. The Balaban J connectivity index is 0.930. The number of aliphatic hydroxyl groups excluding tert-OH is 2. The van der Waals surface area contributed by atoms with Gasteiger partial charge < -0.3 is 60.6 Å². The number of nitrogens with one attached hydrogen (secondary N) is 4. The third-order valence-electron chi connectivity index (χ3n) is 13.2. The number of imide groups is 1. The van der Waals surface area contributed by atoms with E-state index < -0.39 is 147 Å². The predicted octanol–water partition coefficient (Wildman–Crippen LogP) is 1.97. The van der Waals surface area contributed by atoms with Crippen molar-refractivity contribution < 1.29 is 90.7 Å². The van der Waals surface area contributed by atoms with Crippen LogP contribution < -0.4 is 26.0 Å². The molecule has 6 amide bonds. The van der Waals surface area contributed by atoms with Crippen LogP contribution in [0.2, 0.25) is 0 Å². The number of benzene rings is 3. The highest BCUT2D eigenvalue weighted by molar-refractivity contribution is 7.85. The quantitative estimate of drug-likeness (QED) is 0.0280. The van der Waals surface area contributed by atoms with E-state index in [0.29, 0.717) is 19.3 Å². The first-order chi connectivity index (χ1) is 35.5. The Bertz CT molecular complexity index is 2940. The van der Waals surface area contributed by atoms with Gasteiger partial charge >= 0.3 is 6.09 Å². The molecule has 24 nitrogen and oxygen atoms in total. The molecule has 3 aromatic rings. The van der Waals surface area contributed by atoms with Crippen molar-refractivity contribution >= 4 is 63.0 Å². The van der Waals surface area contributed by atoms with Gasteiger partial charge in [-0.1, -0.05) is 38.5 Å². The van der Waals surface area contributed by atoms with Gasteiger partial charge in [0.25, 0.3) is 21.9 Å². The normalized spacial score (nSPS) is 21.5. The highest BCUT2D eigenvalue weighted by atomic mass is 32.2. The molecule has 2 aliphatic heterocycles. The van der Waals surface area contributed by atoms with E-state index in [4.69, 9.17) is 18.9 Å². The average Bonchev–Trinajstić information content (AvgIpc) is 3.68. The fourth-order valence-corrected chi connectivity index (χ4v) is 10.2. The minimum atomic E-state index is -5.01. The lowest BCUT2D eigenvalue weighted by molar-refractivity contribution is -0.246. The number of carbonyl (C=O) groups excluding carboxylic acids is 8. The molecule has 7 rings (SSSR count). The zero-order valence-corrected chi connectivity index (χ0v) is 41.9. The SMILES string of the molecule is COc1cccc2c1C(=O)c1c(O)c3c(c(O)c1C2=O)C[C@@H](O)C[C@H]3O[C@@H]1C[C@H](NC(=O)OCc2ccc(NC(=O)CNC(=O)C(NC(=O)CCCCCN3C(=O)C=CC3=O)C(C)C)cc2S(=O)(=O)O)[C@H](O)[C@H](C)O1. The number of phenols is 2. The number of phenolic OH excluding ortho intramolecular Hbond substituents is 2. The predicted molar refractivity (Wildman–Crippen MR) is 259 cm³/mol. The number of alkyl carbamates (subject to hydrolysis) is 1. The van der Waals surface area contributed by atoms with Crippen LogP contribution in [0.1, 0.15) is 114 Å². The first kappa shape index (κ1) is 55.5. The van der Waals surface area contributed by atoms with Crippen molar-refractivity contribution in [2.45, 2.75) is 120 Å². The van der Waals surface area contributed by atoms with E-state index in [-0.39, 0.29) is 71.5 Å². The molecule has 1 unspecified atom stereocenters. The van der Waals surface area contributed by atoms with Crippen LogP contribution in [0.4, 0.5) is 10.5 Å². The third-order valence-corrected chi connectivity index (χ3v) is 14.1. The summed E-state index contributed by atoms with van der Waals surface area (Å²) in [6.45, 7) is 3.70. The Labute approximate surface area is 429 Å². The van der Waals surface area contributed by atoms with Gasteiger partial charge in [0.05, 0.1) is 54.7 Å². The number of aromatic hydroxyl groups is 2.